The van der Waals surface area contributed by atoms with Crippen LogP contribution in [0.1, 0.15) is 23.2 Å². The molecule has 1 fully saturated rings. The van der Waals surface area contributed by atoms with Crippen molar-refractivity contribution in [3.8, 4) is 0 Å². The fraction of sp³-hybridized carbons (Fsp3) is 0.417. The third-order valence-corrected chi connectivity index (χ3v) is 3.74. The molecule has 0 radical (unpaired) electrons. The highest BCUT2D eigenvalue weighted by molar-refractivity contribution is 9.10. The lowest BCUT2D eigenvalue weighted by Gasteiger charge is -2.23. The molecular formula is C12H15BrClN3O3. The minimum absolute atomic E-state index is 0. The summed E-state index contributed by atoms with van der Waals surface area (Å²) in [6.07, 6.45) is 1.80. The maximum atomic E-state index is 12.1. The number of rotatable bonds is 3. The van der Waals surface area contributed by atoms with Gasteiger partial charge in [-0.05, 0) is 47.9 Å². The van der Waals surface area contributed by atoms with E-state index in [1.807, 2.05) is 0 Å². The van der Waals surface area contributed by atoms with Crippen molar-refractivity contribution in [1.29, 1.82) is 0 Å². The molecule has 0 aromatic heterocycles. The van der Waals surface area contributed by atoms with E-state index in [1.54, 1.807) is 0 Å². The smallest absolute Gasteiger partial charge is 0.270 e. The minimum atomic E-state index is -0.487. The van der Waals surface area contributed by atoms with E-state index in [9.17, 15) is 14.9 Å². The molecule has 1 amide bonds. The van der Waals surface area contributed by atoms with Gasteiger partial charge in [0, 0.05) is 22.6 Å². The van der Waals surface area contributed by atoms with Gasteiger partial charge in [0.25, 0.3) is 11.6 Å². The van der Waals surface area contributed by atoms with E-state index in [4.69, 9.17) is 0 Å². The highest BCUT2D eigenvalue weighted by Crippen LogP contribution is 2.23. The molecule has 2 rings (SSSR count). The summed E-state index contributed by atoms with van der Waals surface area (Å²) in [7, 11) is 0. The molecule has 20 heavy (non-hydrogen) atoms. The van der Waals surface area contributed by atoms with E-state index in [2.05, 4.69) is 26.6 Å². The van der Waals surface area contributed by atoms with E-state index < -0.39 is 4.92 Å². The van der Waals surface area contributed by atoms with Crippen molar-refractivity contribution in [3.63, 3.8) is 0 Å². The zero-order chi connectivity index (χ0) is 13.8. The van der Waals surface area contributed by atoms with Gasteiger partial charge in [-0.2, -0.15) is 0 Å². The van der Waals surface area contributed by atoms with Crippen molar-refractivity contribution in [2.24, 2.45) is 0 Å². The van der Waals surface area contributed by atoms with Gasteiger partial charge in [0.1, 0.15) is 0 Å². The number of hydrogen-bond acceptors (Lipinski definition) is 4. The van der Waals surface area contributed by atoms with Crippen LogP contribution in [0.15, 0.2) is 22.7 Å². The number of nitrogens with one attached hydrogen (secondary N) is 2. The van der Waals surface area contributed by atoms with E-state index in [0.717, 1.165) is 25.9 Å². The molecule has 8 heteroatoms. The standard InChI is InChI=1S/C12H14BrN3O3.ClH/c13-11-7-9(16(18)19)1-2-10(11)12(17)15-8-3-5-14-6-4-8;/h1-2,7-8,14H,3-6H2,(H,15,17);1H. The number of halogens is 2. The second-order valence-electron chi connectivity index (χ2n) is 4.42. The van der Waals surface area contributed by atoms with Crippen LogP contribution in [0.2, 0.25) is 0 Å². The highest BCUT2D eigenvalue weighted by Gasteiger charge is 2.19. The summed E-state index contributed by atoms with van der Waals surface area (Å²) < 4.78 is 0.438. The lowest BCUT2D eigenvalue weighted by atomic mass is 10.1. The van der Waals surface area contributed by atoms with Crippen molar-refractivity contribution in [2.75, 3.05) is 13.1 Å². The number of nitro benzene ring substituents is 1. The Hall–Kier alpha value is -1.18. The Morgan fingerprint density at radius 2 is 2.05 bits per heavy atom. The van der Waals surface area contributed by atoms with Crippen LogP contribution in [0.3, 0.4) is 0 Å². The van der Waals surface area contributed by atoms with E-state index in [0.29, 0.717) is 10.0 Å². The summed E-state index contributed by atoms with van der Waals surface area (Å²) in [6, 6.07) is 4.31. The molecule has 0 unspecified atom stereocenters. The number of carbonyl (C=O) groups excluding carboxylic acids is 1. The third kappa shape index (κ3) is 4.16. The predicted molar refractivity (Wildman–Crippen MR) is 81.4 cm³/mol. The van der Waals surface area contributed by atoms with Crippen molar-refractivity contribution >= 4 is 39.9 Å². The van der Waals surface area contributed by atoms with E-state index in [-0.39, 0.29) is 30.0 Å². The fourth-order valence-electron chi connectivity index (χ4n) is 2.03. The molecule has 1 aromatic carbocycles. The minimum Gasteiger partial charge on any atom is -0.349 e. The molecule has 1 aromatic rings. The molecule has 110 valence electrons. The SMILES string of the molecule is Cl.O=C(NC1CCNCC1)c1ccc([N+](=O)[O-])cc1Br. The first-order valence-corrected chi connectivity index (χ1v) is 6.83. The van der Waals surface area contributed by atoms with Gasteiger partial charge >= 0.3 is 0 Å². The number of nitrogens with zero attached hydrogens (tertiary/aromatic N) is 1. The number of non-ortho nitro benzene ring substituents is 1. The zero-order valence-electron chi connectivity index (χ0n) is 10.6. The molecule has 0 bridgehead atoms. The summed E-state index contributed by atoms with van der Waals surface area (Å²) in [5.74, 6) is -0.200. The molecule has 2 N–H and O–H groups in total. The van der Waals surface area contributed by atoms with Crippen LogP contribution in [-0.4, -0.2) is 30.0 Å². The number of carbonyl (C=O) groups is 1. The average molecular weight is 365 g/mol. The number of hydrogen-bond donors (Lipinski definition) is 2. The van der Waals surface area contributed by atoms with Crippen LogP contribution >= 0.6 is 28.3 Å². The van der Waals surface area contributed by atoms with Crippen molar-refractivity contribution < 1.29 is 9.72 Å². The van der Waals surface area contributed by atoms with Crippen LogP contribution in [-0.2, 0) is 0 Å². The normalized spacial score (nSPS) is 15.2. The Labute approximate surface area is 131 Å². The van der Waals surface area contributed by atoms with Gasteiger partial charge in [-0.25, -0.2) is 0 Å². The Balaban J connectivity index is 0.00000200. The largest absolute Gasteiger partial charge is 0.349 e. The highest BCUT2D eigenvalue weighted by atomic mass is 79.9. The molecule has 1 aliphatic rings. The van der Waals surface area contributed by atoms with E-state index in [1.165, 1.54) is 18.2 Å². The molecule has 1 saturated heterocycles. The maximum absolute atomic E-state index is 12.1. The van der Waals surface area contributed by atoms with Crippen molar-refractivity contribution in [2.45, 2.75) is 18.9 Å². The molecule has 0 aliphatic carbocycles. The summed E-state index contributed by atoms with van der Waals surface area (Å²) >= 11 is 3.20. The first kappa shape index (κ1) is 16.9. The van der Waals surface area contributed by atoms with Gasteiger partial charge in [0.2, 0.25) is 0 Å². The average Bonchev–Trinajstić information content (AvgIpc) is 2.39. The van der Waals surface area contributed by atoms with Crippen LogP contribution in [0.4, 0.5) is 5.69 Å². The quantitative estimate of drug-likeness (QED) is 0.636. The molecule has 0 atom stereocenters. The maximum Gasteiger partial charge on any atom is 0.270 e. The van der Waals surface area contributed by atoms with Gasteiger partial charge in [-0.15, -0.1) is 12.4 Å². The van der Waals surface area contributed by atoms with Crippen molar-refractivity contribution in [1.82, 2.24) is 10.6 Å². The number of amides is 1. The molecule has 1 heterocycles. The van der Waals surface area contributed by atoms with Crippen molar-refractivity contribution in [3.05, 3.63) is 38.3 Å². The third-order valence-electron chi connectivity index (χ3n) is 3.08. The van der Waals surface area contributed by atoms with Crippen LogP contribution in [0, 0.1) is 10.1 Å². The second-order valence-corrected chi connectivity index (χ2v) is 5.27. The summed E-state index contributed by atoms with van der Waals surface area (Å²) in [5.41, 5.74) is 0.384. The Morgan fingerprint density at radius 1 is 1.40 bits per heavy atom. The van der Waals surface area contributed by atoms with Gasteiger partial charge in [-0.3, -0.25) is 14.9 Å². The number of benzene rings is 1. The lowest BCUT2D eigenvalue weighted by Crippen LogP contribution is -2.42. The Kier molecular flexibility index (Phi) is 6.38. The van der Waals surface area contributed by atoms with Crippen LogP contribution in [0.25, 0.3) is 0 Å². The predicted octanol–water partition coefficient (Wildman–Crippen LogP) is 2.26. The molecule has 1 aliphatic heterocycles. The van der Waals surface area contributed by atoms with Gasteiger partial charge in [0.05, 0.1) is 10.5 Å². The van der Waals surface area contributed by atoms with Gasteiger partial charge in [0.15, 0.2) is 0 Å². The first-order chi connectivity index (χ1) is 9.08. The van der Waals surface area contributed by atoms with Crippen LogP contribution < -0.4 is 10.6 Å². The lowest BCUT2D eigenvalue weighted by molar-refractivity contribution is -0.384. The zero-order valence-corrected chi connectivity index (χ0v) is 13.0. The topological polar surface area (TPSA) is 84.3 Å². The van der Waals surface area contributed by atoms with Gasteiger partial charge in [-0.1, -0.05) is 0 Å². The molecular weight excluding hydrogens is 350 g/mol. The fourth-order valence-corrected chi connectivity index (χ4v) is 2.58. The molecule has 0 saturated carbocycles. The monoisotopic (exact) mass is 363 g/mol. The van der Waals surface area contributed by atoms with Crippen LogP contribution in [0.5, 0.6) is 0 Å². The summed E-state index contributed by atoms with van der Waals surface area (Å²) in [5, 5.41) is 16.8. The summed E-state index contributed by atoms with van der Waals surface area (Å²) in [4.78, 5) is 22.2. The Bertz CT molecular complexity index is 507. The van der Waals surface area contributed by atoms with Gasteiger partial charge < -0.3 is 10.6 Å². The Morgan fingerprint density at radius 3 is 2.60 bits per heavy atom. The summed E-state index contributed by atoms with van der Waals surface area (Å²) in [6.45, 7) is 1.79. The number of nitro groups is 1. The molecule has 0 spiro atoms. The number of piperidine rings is 1. The first-order valence-electron chi connectivity index (χ1n) is 6.03. The second kappa shape index (κ2) is 7.56. The molecule has 6 nitrogen and oxygen atoms in total. The van der Waals surface area contributed by atoms with E-state index >= 15 is 0 Å².